The summed E-state index contributed by atoms with van der Waals surface area (Å²) >= 11 is 0. The summed E-state index contributed by atoms with van der Waals surface area (Å²) in [5.74, 6) is 1.47. The first-order valence-electron chi connectivity index (χ1n) is 8.17. The van der Waals surface area contributed by atoms with Crippen LogP contribution >= 0.6 is 0 Å². The van der Waals surface area contributed by atoms with E-state index in [4.69, 9.17) is 9.47 Å². The standard InChI is InChI=1S/C21H24O3/c1-6-16-12-18(14(2)3)20(19(13-16)15(4)5)24-21(22)23-17-10-8-7-9-11-17/h6-15H,1H2,2-5H3. The molecule has 126 valence electrons. The van der Waals surface area contributed by atoms with Crippen LogP contribution in [0.15, 0.2) is 49.0 Å². The molecule has 0 N–H and O–H groups in total. The average molecular weight is 324 g/mol. The Bertz CT molecular complexity index is 686. The van der Waals surface area contributed by atoms with Crippen LogP contribution in [0.3, 0.4) is 0 Å². The van der Waals surface area contributed by atoms with E-state index in [1.807, 2.05) is 24.3 Å². The molecular weight excluding hydrogens is 300 g/mol. The number of benzene rings is 2. The minimum absolute atomic E-state index is 0.210. The van der Waals surface area contributed by atoms with Gasteiger partial charge in [0.15, 0.2) is 0 Å². The monoisotopic (exact) mass is 324 g/mol. The molecule has 0 bridgehead atoms. The molecule has 0 unspecified atom stereocenters. The van der Waals surface area contributed by atoms with Gasteiger partial charge in [0.05, 0.1) is 0 Å². The topological polar surface area (TPSA) is 35.5 Å². The molecule has 2 aromatic carbocycles. The lowest BCUT2D eigenvalue weighted by Gasteiger charge is -2.20. The van der Waals surface area contributed by atoms with E-state index in [-0.39, 0.29) is 11.8 Å². The molecule has 3 heteroatoms. The highest BCUT2D eigenvalue weighted by Gasteiger charge is 2.20. The smallest absolute Gasteiger partial charge is 0.395 e. The fourth-order valence-electron chi connectivity index (χ4n) is 2.48. The van der Waals surface area contributed by atoms with Gasteiger partial charge in [0.1, 0.15) is 11.5 Å². The number of para-hydroxylation sites is 1. The average Bonchev–Trinajstić information content (AvgIpc) is 2.55. The Kier molecular flexibility index (Phi) is 5.80. The molecule has 0 amide bonds. The molecule has 0 atom stereocenters. The Morgan fingerprint density at radius 3 is 1.96 bits per heavy atom. The van der Waals surface area contributed by atoms with Gasteiger partial charge in [0, 0.05) is 0 Å². The van der Waals surface area contributed by atoms with Gasteiger partial charge in [-0.2, -0.15) is 0 Å². The number of carbonyl (C=O) groups is 1. The van der Waals surface area contributed by atoms with Gasteiger partial charge >= 0.3 is 6.16 Å². The van der Waals surface area contributed by atoms with Crippen LogP contribution in [-0.4, -0.2) is 6.16 Å². The zero-order valence-electron chi connectivity index (χ0n) is 14.7. The molecule has 0 fully saturated rings. The third kappa shape index (κ3) is 4.25. The van der Waals surface area contributed by atoms with Crippen molar-refractivity contribution in [3.8, 4) is 11.5 Å². The quantitative estimate of drug-likeness (QED) is 0.488. The van der Waals surface area contributed by atoms with Crippen molar-refractivity contribution in [1.29, 1.82) is 0 Å². The van der Waals surface area contributed by atoms with Gasteiger partial charge in [-0.15, -0.1) is 0 Å². The third-order valence-corrected chi connectivity index (χ3v) is 3.78. The number of hydrogen-bond acceptors (Lipinski definition) is 3. The lowest BCUT2D eigenvalue weighted by Crippen LogP contribution is -2.16. The van der Waals surface area contributed by atoms with Crippen LogP contribution in [0.4, 0.5) is 4.79 Å². The highest BCUT2D eigenvalue weighted by Crippen LogP contribution is 2.36. The highest BCUT2D eigenvalue weighted by atomic mass is 16.7. The second kappa shape index (κ2) is 7.82. The van der Waals surface area contributed by atoms with E-state index in [0.29, 0.717) is 11.5 Å². The van der Waals surface area contributed by atoms with Crippen molar-refractivity contribution in [3.05, 3.63) is 65.7 Å². The summed E-state index contributed by atoms with van der Waals surface area (Å²) in [6.45, 7) is 12.1. The predicted molar refractivity (Wildman–Crippen MR) is 97.8 cm³/mol. The highest BCUT2D eigenvalue weighted by molar-refractivity contribution is 5.69. The first kappa shape index (κ1) is 17.8. The summed E-state index contributed by atoms with van der Waals surface area (Å²) in [7, 11) is 0. The lowest BCUT2D eigenvalue weighted by molar-refractivity contribution is 0.150. The summed E-state index contributed by atoms with van der Waals surface area (Å²) < 4.78 is 10.9. The fraction of sp³-hybridized carbons (Fsp3) is 0.286. The van der Waals surface area contributed by atoms with Crippen molar-refractivity contribution in [3.63, 3.8) is 0 Å². The molecule has 3 nitrogen and oxygen atoms in total. The fourth-order valence-corrected chi connectivity index (χ4v) is 2.48. The van der Waals surface area contributed by atoms with Crippen LogP contribution < -0.4 is 9.47 Å². The molecule has 2 rings (SSSR count). The maximum Gasteiger partial charge on any atom is 0.519 e. The van der Waals surface area contributed by atoms with E-state index in [1.54, 1.807) is 24.3 Å². The number of ether oxygens (including phenoxy) is 2. The summed E-state index contributed by atoms with van der Waals surface area (Å²) in [6, 6.07) is 12.9. The Labute approximate surface area is 143 Å². The normalized spacial score (nSPS) is 10.8. The van der Waals surface area contributed by atoms with Crippen molar-refractivity contribution in [2.24, 2.45) is 0 Å². The van der Waals surface area contributed by atoms with Gasteiger partial charge < -0.3 is 9.47 Å². The first-order chi connectivity index (χ1) is 11.4. The van der Waals surface area contributed by atoms with Crippen molar-refractivity contribution < 1.29 is 14.3 Å². The summed E-state index contributed by atoms with van der Waals surface area (Å²) in [5, 5.41) is 0. The minimum Gasteiger partial charge on any atom is -0.395 e. The minimum atomic E-state index is -0.726. The number of hydrogen-bond donors (Lipinski definition) is 0. The summed E-state index contributed by atoms with van der Waals surface area (Å²) in [4.78, 5) is 12.2. The Balaban J connectivity index is 2.36. The van der Waals surface area contributed by atoms with E-state index >= 15 is 0 Å². The summed E-state index contributed by atoms with van der Waals surface area (Å²) in [5.41, 5.74) is 2.97. The van der Waals surface area contributed by atoms with Crippen molar-refractivity contribution in [2.45, 2.75) is 39.5 Å². The van der Waals surface area contributed by atoms with Crippen molar-refractivity contribution >= 4 is 12.2 Å². The van der Waals surface area contributed by atoms with Crippen molar-refractivity contribution in [1.82, 2.24) is 0 Å². The van der Waals surface area contributed by atoms with E-state index < -0.39 is 6.16 Å². The maximum atomic E-state index is 12.2. The van der Waals surface area contributed by atoms with E-state index in [0.717, 1.165) is 16.7 Å². The van der Waals surface area contributed by atoms with Crippen LogP contribution in [0.25, 0.3) is 6.08 Å². The van der Waals surface area contributed by atoms with E-state index in [2.05, 4.69) is 34.3 Å². The van der Waals surface area contributed by atoms with Crippen LogP contribution in [0, 0.1) is 0 Å². The molecule has 24 heavy (non-hydrogen) atoms. The van der Waals surface area contributed by atoms with Gasteiger partial charge in [-0.05, 0) is 52.8 Å². The van der Waals surface area contributed by atoms with Crippen LogP contribution in [-0.2, 0) is 0 Å². The van der Waals surface area contributed by atoms with E-state index in [1.165, 1.54) is 0 Å². The van der Waals surface area contributed by atoms with Crippen LogP contribution in [0.1, 0.15) is 56.2 Å². The second-order valence-electron chi connectivity index (χ2n) is 6.31. The maximum absolute atomic E-state index is 12.2. The second-order valence-corrected chi connectivity index (χ2v) is 6.31. The Hall–Kier alpha value is -2.55. The van der Waals surface area contributed by atoms with Crippen LogP contribution in [0.2, 0.25) is 0 Å². The molecule has 0 spiro atoms. The molecule has 0 radical (unpaired) electrons. The van der Waals surface area contributed by atoms with Crippen LogP contribution in [0.5, 0.6) is 11.5 Å². The molecular formula is C21H24O3. The summed E-state index contributed by atoms with van der Waals surface area (Å²) in [6.07, 6.45) is 1.08. The van der Waals surface area contributed by atoms with Gasteiger partial charge in [0.25, 0.3) is 0 Å². The Morgan fingerprint density at radius 2 is 1.50 bits per heavy atom. The Morgan fingerprint density at radius 1 is 0.958 bits per heavy atom. The molecule has 2 aromatic rings. The molecule has 0 saturated heterocycles. The first-order valence-corrected chi connectivity index (χ1v) is 8.17. The lowest BCUT2D eigenvalue weighted by atomic mass is 9.91. The zero-order valence-corrected chi connectivity index (χ0v) is 14.7. The molecule has 0 aromatic heterocycles. The van der Waals surface area contributed by atoms with Crippen molar-refractivity contribution in [2.75, 3.05) is 0 Å². The zero-order chi connectivity index (χ0) is 17.7. The largest absolute Gasteiger partial charge is 0.519 e. The number of rotatable bonds is 5. The predicted octanol–water partition coefficient (Wildman–Crippen LogP) is 6.15. The SMILES string of the molecule is C=Cc1cc(C(C)C)c(OC(=O)Oc2ccccc2)c(C(C)C)c1. The van der Waals surface area contributed by atoms with Gasteiger partial charge in [-0.1, -0.05) is 58.5 Å². The molecule has 0 aliphatic carbocycles. The van der Waals surface area contributed by atoms with Gasteiger partial charge in [-0.25, -0.2) is 4.79 Å². The molecule has 0 saturated carbocycles. The van der Waals surface area contributed by atoms with Gasteiger partial charge in [0.2, 0.25) is 0 Å². The molecule has 0 aliphatic rings. The molecule has 0 aliphatic heterocycles. The number of carbonyl (C=O) groups excluding carboxylic acids is 1. The molecule has 0 heterocycles. The van der Waals surface area contributed by atoms with Gasteiger partial charge in [-0.3, -0.25) is 0 Å². The third-order valence-electron chi connectivity index (χ3n) is 3.78. The van der Waals surface area contributed by atoms with E-state index in [9.17, 15) is 4.79 Å².